The highest BCUT2D eigenvalue weighted by Crippen LogP contribution is 2.31. The first-order valence-corrected chi connectivity index (χ1v) is 24.3. The standard InChI is InChI=1S/C58H60O16/c1-4-52(59)69-38-16-12-8-6-10-14-36-67-46-27-18-41(19-28-46)55(62)71-48-31-22-43(23-32-48)57(64)73-50-35-26-45(54(61)66-3)40-51(50)74-58(65)44-24-33-49(34-25-44)72-56(63)42-20-29-47(30-21-42)68-37-15-11-7-9-13-17-39-70-53(60)5-2/h4-5,18-35,40H,1-2,6-17,36-39H2,3H3. The Morgan fingerprint density at radius 2 is 0.662 bits per heavy atom. The van der Waals surface area contributed by atoms with E-state index in [0.717, 1.165) is 89.2 Å². The van der Waals surface area contributed by atoms with Gasteiger partial charge in [0.1, 0.15) is 23.0 Å². The van der Waals surface area contributed by atoms with E-state index in [-0.39, 0.29) is 50.8 Å². The highest BCUT2D eigenvalue weighted by Gasteiger charge is 2.21. The molecule has 0 aliphatic rings. The van der Waals surface area contributed by atoms with Crippen molar-refractivity contribution in [2.45, 2.75) is 77.0 Å². The number of hydrogen-bond donors (Lipinski definition) is 0. The Morgan fingerprint density at radius 3 is 1.03 bits per heavy atom. The fourth-order valence-electron chi connectivity index (χ4n) is 6.92. The molecule has 0 amide bonds. The van der Waals surface area contributed by atoms with E-state index < -0.39 is 41.8 Å². The Kier molecular flexibility index (Phi) is 23.7. The molecule has 0 unspecified atom stereocenters. The van der Waals surface area contributed by atoms with Crippen molar-refractivity contribution >= 4 is 41.8 Å². The van der Waals surface area contributed by atoms with Gasteiger partial charge in [-0.15, -0.1) is 0 Å². The average Bonchev–Trinajstić information content (AvgIpc) is 3.42. The highest BCUT2D eigenvalue weighted by molar-refractivity contribution is 5.96. The molecule has 0 N–H and O–H groups in total. The zero-order chi connectivity index (χ0) is 52.9. The lowest BCUT2D eigenvalue weighted by Crippen LogP contribution is -2.14. The lowest BCUT2D eigenvalue weighted by molar-refractivity contribution is -0.138. The number of esters is 7. The largest absolute Gasteiger partial charge is 0.494 e. The molecule has 388 valence electrons. The van der Waals surface area contributed by atoms with Crippen molar-refractivity contribution in [1.29, 1.82) is 0 Å². The van der Waals surface area contributed by atoms with Crippen LogP contribution in [0.25, 0.3) is 0 Å². The van der Waals surface area contributed by atoms with E-state index in [9.17, 15) is 33.6 Å². The molecule has 5 rings (SSSR count). The summed E-state index contributed by atoms with van der Waals surface area (Å²) in [6, 6.07) is 28.1. The Hall–Kier alpha value is -8.53. The van der Waals surface area contributed by atoms with Crippen LogP contribution in [0.5, 0.6) is 34.5 Å². The summed E-state index contributed by atoms with van der Waals surface area (Å²) in [5.74, 6) is -3.43. The van der Waals surface area contributed by atoms with Crippen molar-refractivity contribution in [3.05, 3.63) is 168 Å². The van der Waals surface area contributed by atoms with Gasteiger partial charge in [0.2, 0.25) is 0 Å². The molecule has 0 aliphatic heterocycles. The quantitative estimate of drug-likeness (QED) is 0.0133. The summed E-state index contributed by atoms with van der Waals surface area (Å²) in [5, 5.41) is 0. The molecular weight excluding hydrogens is 953 g/mol. The van der Waals surface area contributed by atoms with Gasteiger partial charge in [-0.3, -0.25) is 0 Å². The number of rotatable bonds is 31. The summed E-state index contributed by atoms with van der Waals surface area (Å²) in [7, 11) is 1.18. The maximum Gasteiger partial charge on any atom is 0.343 e. The third kappa shape index (κ3) is 19.6. The molecule has 0 fully saturated rings. The molecule has 0 aromatic heterocycles. The van der Waals surface area contributed by atoms with Gasteiger partial charge < -0.3 is 42.6 Å². The second-order valence-corrected chi connectivity index (χ2v) is 16.5. The van der Waals surface area contributed by atoms with Gasteiger partial charge in [-0.1, -0.05) is 64.5 Å². The van der Waals surface area contributed by atoms with E-state index in [0.29, 0.717) is 37.9 Å². The van der Waals surface area contributed by atoms with Gasteiger partial charge in [0, 0.05) is 12.2 Å². The summed E-state index contributed by atoms with van der Waals surface area (Å²) in [6.07, 6.45) is 13.8. The molecule has 5 aromatic carbocycles. The Morgan fingerprint density at radius 1 is 0.351 bits per heavy atom. The number of ether oxygens (including phenoxy) is 9. The minimum absolute atomic E-state index is 0.0113. The molecule has 5 aromatic rings. The minimum atomic E-state index is -0.878. The van der Waals surface area contributed by atoms with E-state index in [4.69, 9.17) is 42.6 Å². The van der Waals surface area contributed by atoms with Crippen LogP contribution in [0.4, 0.5) is 0 Å². The average molecular weight is 1010 g/mol. The smallest absolute Gasteiger partial charge is 0.343 e. The summed E-state index contributed by atoms with van der Waals surface area (Å²) < 4.78 is 48.6. The van der Waals surface area contributed by atoms with Crippen LogP contribution in [-0.4, -0.2) is 75.3 Å². The number of carbonyl (C=O) groups is 7. The fourth-order valence-corrected chi connectivity index (χ4v) is 6.92. The second-order valence-electron chi connectivity index (χ2n) is 16.5. The zero-order valence-electron chi connectivity index (χ0n) is 41.4. The van der Waals surface area contributed by atoms with Crippen LogP contribution in [0, 0.1) is 0 Å². The van der Waals surface area contributed by atoms with Crippen molar-refractivity contribution in [2.75, 3.05) is 33.5 Å². The third-order valence-corrected chi connectivity index (χ3v) is 11.0. The number of carbonyl (C=O) groups excluding carboxylic acids is 7. The highest BCUT2D eigenvalue weighted by atomic mass is 16.6. The number of methoxy groups -OCH3 is 1. The molecule has 0 radical (unpaired) electrons. The van der Waals surface area contributed by atoms with E-state index >= 15 is 0 Å². The molecule has 16 nitrogen and oxygen atoms in total. The van der Waals surface area contributed by atoms with Gasteiger partial charge in [0.15, 0.2) is 11.5 Å². The molecule has 0 saturated carbocycles. The van der Waals surface area contributed by atoms with Crippen LogP contribution in [0.1, 0.15) is 129 Å². The van der Waals surface area contributed by atoms with Crippen molar-refractivity contribution in [2.24, 2.45) is 0 Å². The lowest BCUT2D eigenvalue weighted by atomic mass is 10.1. The van der Waals surface area contributed by atoms with Crippen LogP contribution in [0.15, 0.2) is 141 Å². The molecule has 0 heterocycles. The van der Waals surface area contributed by atoms with Crippen molar-refractivity contribution in [3.63, 3.8) is 0 Å². The van der Waals surface area contributed by atoms with Gasteiger partial charge in [-0.2, -0.15) is 0 Å². The second kappa shape index (κ2) is 31.0. The van der Waals surface area contributed by atoms with E-state index in [1.807, 2.05) is 0 Å². The molecule has 0 saturated heterocycles. The Balaban J connectivity index is 1.05. The van der Waals surface area contributed by atoms with Gasteiger partial charge in [-0.25, -0.2) is 33.6 Å². The lowest BCUT2D eigenvalue weighted by Gasteiger charge is -2.12. The van der Waals surface area contributed by atoms with Gasteiger partial charge in [0.05, 0.1) is 61.4 Å². The maximum absolute atomic E-state index is 13.4. The molecule has 0 spiro atoms. The van der Waals surface area contributed by atoms with Crippen LogP contribution in [0.2, 0.25) is 0 Å². The predicted molar refractivity (Wildman–Crippen MR) is 272 cm³/mol. The van der Waals surface area contributed by atoms with Gasteiger partial charge >= 0.3 is 41.8 Å². The van der Waals surface area contributed by atoms with Gasteiger partial charge in [-0.05, 0) is 141 Å². The molecular formula is C58H60O16. The molecule has 0 aliphatic carbocycles. The van der Waals surface area contributed by atoms with Crippen LogP contribution < -0.4 is 28.4 Å². The number of unbranched alkanes of at least 4 members (excludes halogenated alkanes) is 10. The van der Waals surface area contributed by atoms with Crippen molar-refractivity contribution in [3.8, 4) is 34.5 Å². The summed E-state index contributed by atoms with van der Waals surface area (Å²) >= 11 is 0. The van der Waals surface area contributed by atoms with Crippen LogP contribution in [0.3, 0.4) is 0 Å². The summed E-state index contributed by atoms with van der Waals surface area (Å²) in [6.45, 7) is 8.59. The van der Waals surface area contributed by atoms with Crippen LogP contribution >= 0.6 is 0 Å². The first-order valence-electron chi connectivity index (χ1n) is 24.3. The van der Waals surface area contributed by atoms with Crippen molar-refractivity contribution in [1.82, 2.24) is 0 Å². The molecule has 0 bridgehead atoms. The SMILES string of the molecule is C=CC(=O)OCCCCCCCCOc1ccc(C(=O)Oc2ccc(C(=O)Oc3ccc(C(=O)OC)cc3OC(=O)c3ccc(OC(=O)c4ccc(OCCCCCCCCOC(=O)C=C)cc4)cc3)cc2)cc1. The molecule has 74 heavy (non-hydrogen) atoms. The summed E-state index contributed by atoms with van der Waals surface area (Å²) in [4.78, 5) is 87.0. The maximum atomic E-state index is 13.4. The zero-order valence-corrected chi connectivity index (χ0v) is 41.4. The van der Waals surface area contributed by atoms with Crippen molar-refractivity contribution < 1.29 is 76.2 Å². The predicted octanol–water partition coefficient (Wildman–Crippen LogP) is 11.2. The normalized spacial score (nSPS) is 10.5. The van der Waals surface area contributed by atoms with E-state index in [1.54, 1.807) is 48.5 Å². The third-order valence-electron chi connectivity index (χ3n) is 11.0. The molecule has 16 heteroatoms. The minimum Gasteiger partial charge on any atom is -0.494 e. The Labute approximate surface area is 430 Å². The van der Waals surface area contributed by atoms with Gasteiger partial charge in [0.25, 0.3) is 0 Å². The Bertz CT molecular complexity index is 2650. The topological polar surface area (TPSA) is 203 Å². The van der Waals surface area contributed by atoms with Crippen LogP contribution in [-0.2, 0) is 23.8 Å². The molecule has 0 atom stereocenters. The number of benzene rings is 5. The first kappa shape index (κ1) is 56.4. The monoisotopic (exact) mass is 1010 g/mol. The van der Waals surface area contributed by atoms with E-state index in [1.165, 1.54) is 73.8 Å². The summed E-state index contributed by atoms with van der Waals surface area (Å²) in [5.41, 5.74) is 0.698. The van der Waals surface area contributed by atoms with E-state index in [2.05, 4.69) is 13.2 Å². The fraction of sp³-hybridized carbons (Fsp3) is 0.293. The number of hydrogen-bond acceptors (Lipinski definition) is 16. The first-order chi connectivity index (χ1) is 36.0.